The van der Waals surface area contributed by atoms with Crippen LogP contribution in [0.3, 0.4) is 0 Å². The summed E-state index contributed by atoms with van der Waals surface area (Å²) in [5, 5.41) is 6.89. The van der Waals surface area contributed by atoms with Gasteiger partial charge in [-0.3, -0.25) is 4.79 Å². The molecule has 0 saturated carbocycles. The van der Waals surface area contributed by atoms with Gasteiger partial charge in [0.15, 0.2) is 0 Å². The summed E-state index contributed by atoms with van der Waals surface area (Å²) in [4.78, 5) is 13.9. The highest BCUT2D eigenvalue weighted by Gasteiger charge is 2.34. The molecule has 43 heavy (non-hydrogen) atoms. The number of sulfonamides is 1. The van der Waals surface area contributed by atoms with E-state index in [9.17, 15) is 13.2 Å². The van der Waals surface area contributed by atoms with Gasteiger partial charge in [0.25, 0.3) is 0 Å². The number of carbonyl (C=O) groups excluding carboxylic acids is 1. The van der Waals surface area contributed by atoms with E-state index < -0.39 is 21.8 Å². The topological polar surface area (TPSA) is 87.7 Å². The molecule has 0 aliphatic carbocycles. The lowest BCUT2D eigenvalue weighted by Crippen LogP contribution is -2.53. The van der Waals surface area contributed by atoms with E-state index in [2.05, 4.69) is 17.6 Å². The fourth-order valence-corrected chi connectivity index (χ4v) is 7.76. The number of benzene rings is 3. The van der Waals surface area contributed by atoms with Crippen LogP contribution >= 0.6 is 11.6 Å². The third-order valence-corrected chi connectivity index (χ3v) is 10.6. The van der Waals surface area contributed by atoms with Gasteiger partial charge in [-0.05, 0) is 73.1 Å². The number of amides is 1. The monoisotopic (exact) mass is 629 g/mol. The molecule has 4 rings (SSSR count). The zero-order chi connectivity index (χ0) is 31.0. The largest absolute Gasteiger partial charge is 0.385 e. The summed E-state index contributed by atoms with van der Waals surface area (Å²) in [6.45, 7) is 5.88. The van der Waals surface area contributed by atoms with Crippen molar-refractivity contribution in [2.45, 2.75) is 50.0 Å². The van der Waals surface area contributed by atoms with E-state index in [-0.39, 0.29) is 35.1 Å². The molecule has 0 radical (unpaired) electrons. The molecule has 10 heteroatoms. The van der Waals surface area contributed by atoms with Gasteiger partial charge >= 0.3 is 0 Å². The molecule has 1 fully saturated rings. The number of carbonyl (C=O) groups is 1. The quantitative estimate of drug-likeness (QED) is 0.238. The Labute approximate surface area is 259 Å². The summed E-state index contributed by atoms with van der Waals surface area (Å²) >= 11 is 6.14. The van der Waals surface area contributed by atoms with Gasteiger partial charge in [0.1, 0.15) is 5.82 Å². The molecular weight excluding hydrogens is 589 g/mol. The third kappa shape index (κ3) is 8.22. The molecular formula is C33H41ClFN3O4S. The minimum atomic E-state index is -3.71. The minimum Gasteiger partial charge on any atom is -0.385 e. The number of methoxy groups -OCH3 is 1. The molecule has 0 spiro atoms. The highest BCUT2D eigenvalue weighted by atomic mass is 35.5. The first-order valence-corrected chi connectivity index (χ1v) is 16.6. The molecule has 0 bridgehead atoms. The summed E-state index contributed by atoms with van der Waals surface area (Å²) in [5.74, 6) is -1.07. The van der Waals surface area contributed by atoms with Gasteiger partial charge in [-0.15, -0.1) is 0 Å². The van der Waals surface area contributed by atoms with Crippen molar-refractivity contribution in [1.82, 2.24) is 9.62 Å². The smallest absolute Gasteiger partial charge is 0.243 e. The highest BCUT2D eigenvalue weighted by molar-refractivity contribution is 7.89. The van der Waals surface area contributed by atoms with Gasteiger partial charge in [0, 0.05) is 61.6 Å². The van der Waals surface area contributed by atoms with Crippen LogP contribution < -0.4 is 10.6 Å². The van der Waals surface area contributed by atoms with Crippen molar-refractivity contribution in [3.63, 3.8) is 0 Å². The Morgan fingerprint density at radius 3 is 2.51 bits per heavy atom. The lowest BCUT2D eigenvalue weighted by molar-refractivity contribution is -0.120. The summed E-state index contributed by atoms with van der Waals surface area (Å²) in [6.07, 6.45) is 1.42. The standard InChI is InChI=1S/C33H41ClFN3O4S/c1-23(18-21-42-3)32(25-12-14-26(34)15-13-25)24(2)33(39)37-31-11-7-10-30(35)29(31)17-16-27-22-36-19-20-38(27)43(40,41)28-8-5-4-6-9-28/h4-15,23-24,27,32,36H,16-22H2,1-3H3,(H,37,39)/t23?,24-,27-,32-/m0/s1. The Balaban J connectivity index is 1.52. The number of halogens is 2. The molecule has 1 heterocycles. The highest BCUT2D eigenvalue weighted by Crippen LogP contribution is 2.36. The number of hydrogen-bond acceptors (Lipinski definition) is 5. The van der Waals surface area contributed by atoms with E-state index in [1.807, 2.05) is 31.2 Å². The van der Waals surface area contributed by atoms with E-state index in [1.165, 1.54) is 10.4 Å². The number of nitrogens with zero attached hydrogens (tertiary/aromatic N) is 1. The SMILES string of the molecule is COCCC(C)[C@H](c1ccc(Cl)cc1)[C@H](C)C(=O)Nc1cccc(F)c1CC[C@H]1CNCCN1S(=O)(=O)c1ccccc1. The van der Waals surface area contributed by atoms with Crippen molar-refractivity contribution in [2.75, 3.05) is 38.7 Å². The predicted octanol–water partition coefficient (Wildman–Crippen LogP) is 6.11. The normalized spacial score (nSPS) is 18.1. The first-order valence-electron chi connectivity index (χ1n) is 14.7. The van der Waals surface area contributed by atoms with E-state index >= 15 is 4.39 Å². The molecule has 3 aromatic rings. The van der Waals surface area contributed by atoms with Crippen molar-refractivity contribution in [3.05, 3.63) is 94.8 Å². The van der Waals surface area contributed by atoms with Crippen LogP contribution in [0.15, 0.2) is 77.7 Å². The number of ether oxygens (including phenoxy) is 1. The Hall–Kier alpha value is -2.82. The Morgan fingerprint density at radius 1 is 1.09 bits per heavy atom. The maximum Gasteiger partial charge on any atom is 0.243 e. The zero-order valence-corrected chi connectivity index (χ0v) is 26.5. The average Bonchev–Trinajstić information content (AvgIpc) is 3.01. The molecule has 1 amide bonds. The van der Waals surface area contributed by atoms with E-state index in [0.29, 0.717) is 48.9 Å². The molecule has 1 aliphatic heterocycles. The van der Waals surface area contributed by atoms with Gasteiger partial charge in [-0.2, -0.15) is 4.31 Å². The maximum absolute atomic E-state index is 15.3. The fraction of sp³-hybridized carbons (Fsp3) is 0.424. The van der Waals surface area contributed by atoms with E-state index in [1.54, 1.807) is 49.6 Å². The number of anilines is 1. The van der Waals surface area contributed by atoms with Gasteiger partial charge in [0.2, 0.25) is 15.9 Å². The number of rotatable bonds is 13. The molecule has 2 N–H and O–H groups in total. The minimum absolute atomic E-state index is 0.116. The second-order valence-corrected chi connectivity index (χ2v) is 13.5. The van der Waals surface area contributed by atoms with Crippen molar-refractivity contribution in [1.29, 1.82) is 0 Å². The third-order valence-electron chi connectivity index (χ3n) is 8.35. The number of hydrogen-bond donors (Lipinski definition) is 2. The van der Waals surface area contributed by atoms with Crippen molar-refractivity contribution >= 4 is 33.2 Å². The van der Waals surface area contributed by atoms with Crippen molar-refractivity contribution in [3.8, 4) is 0 Å². The molecule has 1 saturated heterocycles. The van der Waals surface area contributed by atoms with Crippen LogP contribution in [-0.2, 0) is 26.0 Å². The van der Waals surface area contributed by atoms with Crippen molar-refractivity contribution < 1.29 is 22.3 Å². The van der Waals surface area contributed by atoms with E-state index in [0.717, 1.165) is 12.0 Å². The second kappa shape index (κ2) is 15.3. The lowest BCUT2D eigenvalue weighted by atomic mass is 9.76. The van der Waals surface area contributed by atoms with Crippen LogP contribution in [0.4, 0.5) is 10.1 Å². The second-order valence-electron chi connectivity index (χ2n) is 11.2. The molecule has 1 unspecified atom stereocenters. The molecule has 3 aromatic carbocycles. The summed E-state index contributed by atoms with van der Waals surface area (Å²) in [5.41, 5.74) is 1.76. The maximum atomic E-state index is 15.3. The first-order chi connectivity index (χ1) is 20.6. The Bertz CT molecular complexity index is 1460. The molecule has 0 aromatic heterocycles. The van der Waals surface area contributed by atoms with Crippen LogP contribution in [0.25, 0.3) is 0 Å². The summed E-state index contributed by atoms with van der Waals surface area (Å²) in [6, 6.07) is 20.2. The van der Waals surface area contributed by atoms with E-state index in [4.69, 9.17) is 16.3 Å². The summed E-state index contributed by atoms with van der Waals surface area (Å²) in [7, 11) is -2.05. The number of nitrogens with one attached hydrogen (secondary N) is 2. The van der Waals surface area contributed by atoms with Gasteiger partial charge in [-0.1, -0.05) is 61.8 Å². The predicted molar refractivity (Wildman–Crippen MR) is 169 cm³/mol. The van der Waals surface area contributed by atoms with Crippen LogP contribution in [-0.4, -0.2) is 58.0 Å². The van der Waals surface area contributed by atoms with Crippen LogP contribution in [0.5, 0.6) is 0 Å². The zero-order valence-electron chi connectivity index (χ0n) is 24.9. The molecule has 1 aliphatic rings. The van der Waals surface area contributed by atoms with Crippen LogP contribution in [0.2, 0.25) is 5.02 Å². The van der Waals surface area contributed by atoms with Gasteiger partial charge < -0.3 is 15.4 Å². The lowest BCUT2D eigenvalue weighted by Gasteiger charge is -2.35. The first kappa shape index (κ1) is 33.1. The Morgan fingerprint density at radius 2 is 1.81 bits per heavy atom. The fourth-order valence-electron chi connectivity index (χ4n) is 5.96. The molecule has 232 valence electrons. The Kier molecular flexibility index (Phi) is 11.7. The summed E-state index contributed by atoms with van der Waals surface area (Å²) < 4.78 is 48.9. The molecule has 7 nitrogen and oxygen atoms in total. The van der Waals surface area contributed by atoms with Crippen molar-refractivity contribution in [2.24, 2.45) is 11.8 Å². The van der Waals surface area contributed by atoms with Crippen LogP contribution in [0, 0.1) is 17.7 Å². The molecule has 4 atom stereocenters. The van der Waals surface area contributed by atoms with Gasteiger partial charge in [0.05, 0.1) is 4.90 Å². The van der Waals surface area contributed by atoms with Gasteiger partial charge in [-0.25, -0.2) is 12.8 Å². The van der Waals surface area contributed by atoms with Crippen LogP contribution in [0.1, 0.15) is 43.7 Å². The number of piperazine rings is 1. The average molecular weight is 630 g/mol.